The molecular formula is C20H24N2O3. The summed E-state index contributed by atoms with van der Waals surface area (Å²) in [6, 6.07) is 8.01. The number of anilines is 1. The van der Waals surface area contributed by atoms with E-state index < -0.39 is 0 Å². The van der Waals surface area contributed by atoms with Gasteiger partial charge in [-0.25, -0.2) is 0 Å². The highest BCUT2D eigenvalue weighted by atomic mass is 16.5. The van der Waals surface area contributed by atoms with Crippen LogP contribution in [0.2, 0.25) is 0 Å². The summed E-state index contributed by atoms with van der Waals surface area (Å²) >= 11 is 0. The molecule has 0 aromatic heterocycles. The van der Waals surface area contributed by atoms with E-state index in [-0.39, 0.29) is 18.4 Å². The fourth-order valence-corrected chi connectivity index (χ4v) is 5.47. The number of hydrogen-bond donors (Lipinski definition) is 0. The van der Waals surface area contributed by atoms with Crippen LogP contribution >= 0.6 is 0 Å². The zero-order chi connectivity index (χ0) is 17.0. The van der Waals surface area contributed by atoms with Crippen LogP contribution in [-0.4, -0.2) is 42.5 Å². The molecule has 5 nitrogen and oxygen atoms in total. The Hall–Kier alpha value is -2.04. The summed E-state index contributed by atoms with van der Waals surface area (Å²) in [6.07, 6.45) is 5.55. The predicted octanol–water partition coefficient (Wildman–Crippen LogP) is 2.45. The number of amides is 2. The monoisotopic (exact) mass is 340 g/mol. The van der Waals surface area contributed by atoms with Crippen molar-refractivity contribution in [2.45, 2.75) is 38.1 Å². The lowest BCUT2D eigenvalue weighted by Crippen LogP contribution is -2.61. The first-order chi connectivity index (χ1) is 12.2. The number of likely N-dealkylation sites (tertiary alicyclic amines) is 1. The average molecular weight is 340 g/mol. The lowest BCUT2D eigenvalue weighted by Gasteiger charge is -2.50. The molecule has 0 radical (unpaired) electrons. The Bertz CT molecular complexity index is 699. The van der Waals surface area contributed by atoms with Crippen molar-refractivity contribution in [2.24, 2.45) is 17.8 Å². The fourth-order valence-electron chi connectivity index (χ4n) is 5.47. The second kappa shape index (κ2) is 5.75. The summed E-state index contributed by atoms with van der Waals surface area (Å²) in [5.74, 6) is 3.37. The van der Waals surface area contributed by atoms with Crippen molar-refractivity contribution >= 4 is 17.5 Å². The van der Waals surface area contributed by atoms with Crippen molar-refractivity contribution in [2.75, 3.05) is 24.6 Å². The first-order valence-electron chi connectivity index (χ1n) is 9.53. The van der Waals surface area contributed by atoms with E-state index in [2.05, 4.69) is 0 Å². The number of carbonyl (C=O) groups excluding carboxylic acids is 2. The molecule has 0 N–H and O–H groups in total. The van der Waals surface area contributed by atoms with Crippen molar-refractivity contribution in [3.63, 3.8) is 0 Å². The number of benzene rings is 1. The molecule has 2 heterocycles. The number of ether oxygens (including phenoxy) is 1. The van der Waals surface area contributed by atoms with Crippen molar-refractivity contribution in [1.29, 1.82) is 0 Å². The summed E-state index contributed by atoms with van der Waals surface area (Å²) in [6.45, 7) is 1.84. The number of fused-ring (bicyclic) bond motifs is 5. The minimum Gasteiger partial charge on any atom is -0.484 e. The molecule has 132 valence electrons. The van der Waals surface area contributed by atoms with Crippen LogP contribution in [0.1, 0.15) is 32.1 Å². The fraction of sp³-hybridized carbons (Fsp3) is 0.600. The number of carbonyl (C=O) groups is 2. The van der Waals surface area contributed by atoms with Crippen LogP contribution in [0.4, 0.5) is 5.69 Å². The van der Waals surface area contributed by atoms with Gasteiger partial charge in [0.1, 0.15) is 5.75 Å². The Balaban J connectivity index is 1.16. The van der Waals surface area contributed by atoms with Gasteiger partial charge in [-0.15, -0.1) is 0 Å². The molecule has 2 amide bonds. The summed E-state index contributed by atoms with van der Waals surface area (Å²) in [7, 11) is 0. The molecule has 1 aromatic rings. The second-order valence-corrected chi connectivity index (χ2v) is 7.97. The quantitative estimate of drug-likeness (QED) is 0.846. The molecular weight excluding hydrogens is 316 g/mol. The van der Waals surface area contributed by atoms with Crippen LogP contribution in [0.25, 0.3) is 0 Å². The Morgan fingerprint density at radius 3 is 2.68 bits per heavy atom. The number of rotatable bonds is 4. The van der Waals surface area contributed by atoms with Crippen LogP contribution in [0, 0.1) is 17.8 Å². The lowest BCUT2D eigenvalue weighted by molar-refractivity contribution is -0.149. The largest absolute Gasteiger partial charge is 0.484 e. The predicted molar refractivity (Wildman–Crippen MR) is 93.3 cm³/mol. The van der Waals surface area contributed by atoms with E-state index in [4.69, 9.17) is 4.74 Å². The van der Waals surface area contributed by atoms with Gasteiger partial charge in [0.05, 0.1) is 0 Å². The molecule has 0 spiro atoms. The zero-order valence-corrected chi connectivity index (χ0v) is 14.4. The third-order valence-electron chi connectivity index (χ3n) is 6.71. The first kappa shape index (κ1) is 15.2. The third-order valence-corrected chi connectivity index (χ3v) is 6.71. The molecule has 2 bridgehead atoms. The lowest BCUT2D eigenvalue weighted by atomic mass is 9.77. The normalized spacial score (nSPS) is 32.7. The van der Waals surface area contributed by atoms with E-state index >= 15 is 0 Å². The van der Waals surface area contributed by atoms with Crippen LogP contribution in [0.5, 0.6) is 5.75 Å². The maximum Gasteiger partial charge on any atom is 0.260 e. The van der Waals surface area contributed by atoms with E-state index in [9.17, 15) is 9.59 Å². The molecule has 4 fully saturated rings. The molecule has 2 aliphatic carbocycles. The average Bonchev–Trinajstić information content (AvgIpc) is 3.27. The van der Waals surface area contributed by atoms with E-state index in [1.54, 1.807) is 0 Å². The molecule has 5 rings (SSSR count). The van der Waals surface area contributed by atoms with Crippen molar-refractivity contribution in [1.82, 2.24) is 4.90 Å². The van der Waals surface area contributed by atoms with Gasteiger partial charge in [-0.2, -0.15) is 0 Å². The topological polar surface area (TPSA) is 49.9 Å². The van der Waals surface area contributed by atoms with Crippen LogP contribution in [0.3, 0.4) is 0 Å². The number of hydrogen-bond acceptors (Lipinski definition) is 3. The van der Waals surface area contributed by atoms with E-state index in [1.807, 2.05) is 34.1 Å². The Labute approximate surface area is 147 Å². The van der Waals surface area contributed by atoms with E-state index in [0.717, 1.165) is 43.0 Å². The van der Waals surface area contributed by atoms with Crippen LogP contribution in [-0.2, 0) is 9.59 Å². The highest BCUT2D eigenvalue weighted by molar-refractivity contribution is 5.95. The third kappa shape index (κ3) is 2.43. The van der Waals surface area contributed by atoms with E-state index in [1.165, 1.54) is 19.3 Å². The Morgan fingerprint density at radius 2 is 1.96 bits per heavy atom. The Kier molecular flexibility index (Phi) is 3.50. The summed E-state index contributed by atoms with van der Waals surface area (Å²) in [5, 5.41) is 0. The van der Waals surface area contributed by atoms with Gasteiger partial charge >= 0.3 is 0 Å². The van der Waals surface area contributed by atoms with Gasteiger partial charge in [0.15, 0.2) is 6.61 Å². The first-order valence-corrected chi connectivity index (χ1v) is 9.53. The summed E-state index contributed by atoms with van der Waals surface area (Å²) in [5.41, 5.74) is 0.911. The van der Waals surface area contributed by atoms with Gasteiger partial charge in [-0.3, -0.25) is 9.59 Å². The van der Waals surface area contributed by atoms with Gasteiger partial charge in [-0.05, 0) is 61.8 Å². The molecule has 2 aliphatic heterocycles. The zero-order valence-electron chi connectivity index (χ0n) is 14.4. The number of nitrogens with zero attached hydrogens (tertiary/aromatic N) is 2. The van der Waals surface area contributed by atoms with Crippen LogP contribution in [0.15, 0.2) is 24.3 Å². The van der Waals surface area contributed by atoms with Crippen molar-refractivity contribution in [3.8, 4) is 5.75 Å². The molecule has 4 aliphatic rings. The minimum absolute atomic E-state index is 0.114. The summed E-state index contributed by atoms with van der Waals surface area (Å²) < 4.78 is 5.70. The molecule has 4 atom stereocenters. The van der Waals surface area contributed by atoms with Crippen molar-refractivity contribution < 1.29 is 14.3 Å². The van der Waals surface area contributed by atoms with E-state index in [0.29, 0.717) is 18.2 Å². The molecule has 25 heavy (non-hydrogen) atoms. The molecule has 0 unspecified atom stereocenters. The second-order valence-electron chi connectivity index (χ2n) is 7.97. The molecule has 5 heteroatoms. The van der Waals surface area contributed by atoms with Gasteiger partial charge in [0.25, 0.3) is 5.91 Å². The smallest absolute Gasteiger partial charge is 0.260 e. The van der Waals surface area contributed by atoms with Crippen molar-refractivity contribution in [3.05, 3.63) is 24.3 Å². The van der Waals surface area contributed by atoms with Gasteiger partial charge in [0.2, 0.25) is 5.91 Å². The van der Waals surface area contributed by atoms with Gasteiger partial charge < -0.3 is 14.5 Å². The highest BCUT2D eigenvalue weighted by Crippen LogP contribution is 2.55. The van der Waals surface area contributed by atoms with Crippen LogP contribution < -0.4 is 9.64 Å². The SMILES string of the molecule is O=C1CCCN1c1ccc(OCC(=O)N2C[C@H]3[C@H]4CC[C@@H](C4)[C@H]32)cc1. The highest BCUT2D eigenvalue weighted by Gasteiger charge is 2.57. The Morgan fingerprint density at radius 1 is 1.16 bits per heavy atom. The van der Waals surface area contributed by atoms with Gasteiger partial charge in [0, 0.05) is 37.2 Å². The molecule has 2 saturated heterocycles. The molecule has 2 saturated carbocycles. The summed E-state index contributed by atoms with van der Waals surface area (Å²) in [4.78, 5) is 28.1. The standard InChI is InChI=1S/C20H24N2O3/c23-18-2-1-9-21(18)15-5-7-16(8-6-15)25-12-19(24)22-11-17-13-3-4-14(10-13)20(17)22/h5-8,13-14,17,20H,1-4,9-12H2/t13-,14-,17-,20+/m0/s1. The minimum atomic E-state index is 0.114. The maximum absolute atomic E-state index is 12.5. The molecule has 1 aromatic carbocycles. The van der Waals surface area contributed by atoms with Gasteiger partial charge in [-0.1, -0.05) is 0 Å². The maximum atomic E-state index is 12.5.